The van der Waals surface area contributed by atoms with Crippen LogP contribution in [0, 0.1) is 19.8 Å². The van der Waals surface area contributed by atoms with Crippen molar-refractivity contribution in [2.24, 2.45) is 5.92 Å². The van der Waals surface area contributed by atoms with Crippen LogP contribution in [0.15, 0.2) is 12.1 Å². The van der Waals surface area contributed by atoms with Crippen molar-refractivity contribution in [2.75, 3.05) is 18.9 Å². The van der Waals surface area contributed by atoms with Gasteiger partial charge < -0.3 is 10.6 Å². The number of nitrogens with zero attached hydrogens (tertiary/aromatic N) is 1. The molecule has 0 aliphatic carbocycles. The summed E-state index contributed by atoms with van der Waals surface area (Å²) < 4.78 is 0. The highest BCUT2D eigenvalue weighted by Gasteiger charge is 2.16. The number of hydrogen-bond acceptors (Lipinski definition) is 5. The molecule has 2 rings (SSSR count). The molecule has 0 bridgehead atoms. The van der Waals surface area contributed by atoms with Crippen molar-refractivity contribution in [3.63, 3.8) is 0 Å². The van der Waals surface area contributed by atoms with Gasteiger partial charge in [-0.05, 0) is 33.0 Å². The van der Waals surface area contributed by atoms with Gasteiger partial charge in [-0.3, -0.25) is 4.79 Å². The first-order valence-corrected chi connectivity index (χ1v) is 8.14. The van der Waals surface area contributed by atoms with E-state index >= 15 is 0 Å². The Morgan fingerprint density at radius 1 is 1.33 bits per heavy atom. The Kier molecular flexibility index (Phi) is 6.80. The van der Waals surface area contributed by atoms with Crippen LogP contribution in [0.2, 0.25) is 0 Å². The van der Waals surface area contributed by atoms with Crippen molar-refractivity contribution in [2.45, 2.75) is 20.8 Å². The maximum absolute atomic E-state index is 12.0. The number of halogens is 1. The number of anilines is 1. The highest BCUT2D eigenvalue weighted by Crippen LogP contribution is 2.34. The van der Waals surface area contributed by atoms with Crippen molar-refractivity contribution in [1.82, 2.24) is 10.3 Å². The number of thiazole rings is 1. The number of aryl methyl sites for hydroxylation is 2. The van der Waals surface area contributed by atoms with Crippen LogP contribution in [0.4, 0.5) is 5.13 Å². The molecule has 1 unspecified atom stereocenters. The van der Waals surface area contributed by atoms with Gasteiger partial charge in [-0.25, -0.2) is 4.98 Å². The SMILES string of the molecule is CNCC(C)C(=O)Nc1nc(-c2ccc(C)s2)c(C)s1.Cl. The minimum atomic E-state index is -0.0726. The molecule has 0 saturated heterocycles. The Hall–Kier alpha value is -0.950. The highest BCUT2D eigenvalue weighted by atomic mass is 35.5. The molecule has 1 amide bonds. The Labute approximate surface area is 139 Å². The first kappa shape index (κ1) is 18.1. The number of nitrogens with one attached hydrogen (secondary N) is 2. The maximum Gasteiger partial charge on any atom is 0.230 e. The molecule has 21 heavy (non-hydrogen) atoms. The number of carbonyl (C=O) groups is 1. The summed E-state index contributed by atoms with van der Waals surface area (Å²) in [5.41, 5.74) is 0.977. The van der Waals surface area contributed by atoms with E-state index in [-0.39, 0.29) is 24.2 Å². The van der Waals surface area contributed by atoms with E-state index in [0.717, 1.165) is 15.4 Å². The third-order valence-corrected chi connectivity index (χ3v) is 4.85. The number of thiophene rings is 1. The van der Waals surface area contributed by atoms with Gasteiger partial charge in [0.15, 0.2) is 5.13 Å². The van der Waals surface area contributed by atoms with Crippen molar-refractivity contribution in [1.29, 1.82) is 0 Å². The quantitative estimate of drug-likeness (QED) is 0.868. The lowest BCUT2D eigenvalue weighted by Crippen LogP contribution is -2.28. The zero-order chi connectivity index (χ0) is 14.7. The third-order valence-electron chi connectivity index (χ3n) is 2.96. The number of amides is 1. The van der Waals surface area contributed by atoms with E-state index in [1.807, 2.05) is 20.9 Å². The molecule has 2 N–H and O–H groups in total. The van der Waals surface area contributed by atoms with E-state index in [2.05, 4.69) is 34.7 Å². The van der Waals surface area contributed by atoms with Crippen LogP contribution < -0.4 is 10.6 Å². The van der Waals surface area contributed by atoms with Crippen LogP contribution in [-0.2, 0) is 4.79 Å². The Bertz CT molecular complexity index is 609. The van der Waals surface area contributed by atoms with Crippen LogP contribution in [0.3, 0.4) is 0 Å². The van der Waals surface area contributed by atoms with E-state index in [1.54, 1.807) is 11.3 Å². The lowest BCUT2D eigenvalue weighted by molar-refractivity contribution is -0.119. The van der Waals surface area contributed by atoms with Crippen LogP contribution in [0.5, 0.6) is 0 Å². The van der Waals surface area contributed by atoms with Crippen LogP contribution in [0.1, 0.15) is 16.7 Å². The van der Waals surface area contributed by atoms with Crippen LogP contribution in [0.25, 0.3) is 10.6 Å². The minimum Gasteiger partial charge on any atom is -0.319 e. The second-order valence-corrected chi connectivity index (χ2v) is 7.27. The summed E-state index contributed by atoms with van der Waals surface area (Å²) in [6.07, 6.45) is 0. The first-order valence-electron chi connectivity index (χ1n) is 6.51. The predicted molar refractivity (Wildman–Crippen MR) is 93.9 cm³/mol. The molecule has 4 nitrogen and oxygen atoms in total. The molecule has 2 aromatic rings. The van der Waals surface area contributed by atoms with Gasteiger partial charge in [0.05, 0.1) is 10.6 Å². The highest BCUT2D eigenvalue weighted by molar-refractivity contribution is 7.18. The fourth-order valence-electron chi connectivity index (χ4n) is 1.87. The van der Waals surface area contributed by atoms with E-state index in [9.17, 15) is 4.79 Å². The largest absolute Gasteiger partial charge is 0.319 e. The maximum atomic E-state index is 12.0. The molecule has 0 radical (unpaired) electrons. The normalized spacial score (nSPS) is 11.8. The minimum absolute atomic E-state index is 0. The molecule has 116 valence electrons. The summed E-state index contributed by atoms with van der Waals surface area (Å²) in [6.45, 7) is 6.68. The first-order chi connectivity index (χ1) is 9.51. The number of rotatable bonds is 5. The van der Waals surface area contributed by atoms with Gasteiger partial charge >= 0.3 is 0 Å². The zero-order valence-corrected chi connectivity index (χ0v) is 15.0. The summed E-state index contributed by atoms with van der Waals surface area (Å²) in [5, 5.41) is 6.58. The summed E-state index contributed by atoms with van der Waals surface area (Å²) >= 11 is 3.25. The molecule has 1 atom stereocenters. The molecular formula is C14H20ClN3OS2. The number of aromatic nitrogens is 1. The van der Waals surface area contributed by atoms with E-state index in [4.69, 9.17) is 0 Å². The molecule has 0 fully saturated rings. The predicted octanol–water partition coefficient (Wildman–Crippen LogP) is 3.70. The fraction of sp³-hybridized carbons (Fsp3) is 0.429. The average molecular weight is 346 g/mol. The van der Waals surface area contributed by atoms with Gasteiger partial charge in [-0.2, -0.15) is 0 Å². The molecule has 0 saturated carbocycles. The zero-order valence-electron chi connectivity index (χ0n) is 12.5. The molecule has 0 aromatic carbocycles. The second-order valence-electron chi connectivity index (χ2n) is 4.78. The average Bonchev–Trinajstić information content (AvgIpc) is 2.96. The van der Waals surface area contributed by atoms with Gasteiger partial charge in [-0.1, -0.05) is 6.92 Å². The van der Waals surface area contributed by atoms with E-state index in [0.29, 0.717) is 11.7 Å². The third kappa shape index (κ3) is 4.51. The van der Waals surface area contributed by atoms with Gasteiger partial charge in [-0.15, -0.1) is 35.1 Å². The lowest BCUT2D eigenvalue weighted by atomic mass is 10.2. The molecule has 0 aliphatic heterocycles. The summed E-state index contributed by atoms with van der Waals surface area (Å²) in [7, 11) is 1.84. The topological polar surface area (TPSA) is 54.0 Å². The summed E-state index contributed by atoms with van der Waals surface area (Å²) in [4.78, 5) is 20.1. The molecule has 0 aliphatic rings. The number of carbonyl (C=O) groups excluding carboxylic acids is 1. The molecule has 0 spiro atoms. The van der Waals surface area contributed by atoms with Gasteiger partial charge in [0, 0.05) is 22.2 Å². The van der Waals surface area contributed by atoms with Crippen molar-refractivity contribution >= 4 is 46.1 Å². The smallest absolute Gasteiger partial charge is 0.230 e. The second kappa shape index (κ2) is 7.89. The Balaban J connectivity index is 0.00000220. The standard InChI is InChI=1S/C14H19N3OS2.ClH/c1-8(7-15-4)13(18)17-14-16-12(10(3)20-14)11-6-5-9(2)19-11;/h5-6,8,15H,7H2,1-4H3,(H,16,17,18);1H. The number of hydrogen-bond donors (Lipinski definition) is 2. The van der Waals surface area contributed by atoms with Crippen LogP contribution in [-0.4, -0.2) is 24.5 Å². The molecule has 2 heterocycles. The van der Waals surface area contributed by atoms with Gasteiger partial charge in [0.1, 0.15) is 0 Å². The monoisotopic (exact) mass is 345 g/mol. The van der Waals surface area contributed by atoms with Crippen molar-refractivity contribution < 1.29 is 4.79 Å². The Morgan fingerprint density at radius 2 is 2.05 bits per heavy atom. The molecular weight excluding hydrogens is 326 g/mol. The van der Waals surface area contributed by atoms with E-state index < -0.39 is 0 Å². The van der Waals surface area contributed by atoms with Crippen molar-refractivity contribution in [3.05, 3.63) is 21.9 Å². The van der Waals surface area contributed by atoms with Crippen molar-refractivity contribution in [3.8, 4) is 10.6 Å². The Morgan fingerprint density at radius 3 is 2.62 bits per heavy atom. The van der Waals surface area contributed by atoms with Gasteiger partial charge in [0.2, 0.25) is 5.91 Å². The summed E-state index contributed by atoms with van der Waals surface area (Å²) in [6, 6.07) is 4.17. The molecule has 7 heteroatoms. The summed E-state index contributed by atoms with van der Waals surface area (Å²) in [5.74, 6) is -0.0707. The van der Waals surface area contributed by atoms with Gasteiger partial charge in [0.25, 0.3) is 0 Å². The van der Waals surface area contributed by atoms with Crippen LogP contribution >= 0.6 is 35.1 Å². The fourth-order valence-corrected chi connectivity index (χ4v) is 3.68. The molecule has 2 aromatic heterocycles. The lowest BCUT2D eigenvalue weighted by Gasteiger charge is -2.09. The van der Waals surface area contributed by atoms with E-state index in [1.165, 1.54) is 16.2 Å².